The zero-order valence-corrected chi connectivity index (χ0v) is 34.3. The van der Waals surface area contributed by atoms with Crippen LogP contribution in [0, 0.1) is 0 Å². The molecule has 0 bridgehead atoms. The van der Waals surface area contributed by atoms with Crippen LogP contribution >= 0.6 is 0 Å². The minimum Gasteiger partial charge on any atom is -0.311 e. The second kappa shape index (κ2) is 16.4. The summed E-state index contributed by atoms with van der Waals surface area (Å²) in [6.07, 6.45) is 0. The lowest BCUT2D eigenvalue weighted by Gasteiger charge is -2.25. The molecule has 0 N–H and O–H groups in total. The number of anilines is 6. The van der Waals surface area contributed by atoms with Crippen LogP contribution in [0.5, 0.6) is 0 Å². The largest absolute Gasteiger partial charge is 0.311 e. The van der Waals surface area contributed by atoms with E-state index in [1.165, 1.54) is 0 Å². The molecule has 0 atom stereocenters. The summed E-state index contributed by atoms with van der Waals surface area (Å²) in [6, 6.07) is 84.4. The molecule has 0 aliphatic rings. The van der Waals surface area contributed by atoms with Gasteiger partial charge in [0.25, 0.3) is 0 Å². The van der Waals surface area contributed by atoms with Gasteiger partial charge in [0.2, 0.25) is 0 Å². The van der Waals surface area contributed by atoms with Gasteiger partial charge < -0.3 is 9.80 Å². The van der Waals surface area contributed by atoms with E-state index in [-0.39, 0.29) is 0 Å². The Hall–Kier alpha value is -8.61. The van der Waals surface area contributed by atoms with Gasteiger partial charge in [0, 0.05) is 56.2 Å². The van der Waals surface area contributed by atoms with E-state index in [2.05, 4.69) is 198 Å². The highest BCUT2D eigenvalue weighted by atomic mass is 15.5. The molecule has 11 rings (SSSR count). The Kier molecular flexibility index (Phi) is 9.76. The van der Waals surface area contributed by atoms with E-state index in [1.807, 2.05) is 54.6 Å². The molecule has 0 saturated heterocycles. The minimum atomic E-state index is 0.810. The number of aromatic nitrogens is 4. The molecule has 11 aromatic rings. The molecular weight excluding hydrogens is 769 g/mol. The predicted molar refractivity (Wildman–Crippen MR) is 260 cm³/mol. The van der Waals surface area contributed by atoms with E-state index < -0.39 is 0 Å². The molecule has 2 heterocycles. The predicted octanol–water partition coefficient (Wildman–Crippen LogP) is 14.9. The van der Waals surface area contributed by atoms with Crippen molar-refractivity contribution in [2.24, 2.45) is 0 Å². The third-order valence-corrected chi connectivity index (χ3v) is 11.5. The van der Waals surface area contributed by atoms with E-state index in [9.17, 15) is 0 Å². The zero-order chi connectivity index (χ0) is 42.0. The lowest BCUT2D eigenvalue weighted by atomic mass is 9.97. The Morgan fingerprint density at radius 3 is 1.11 bits per heavy atom. The van der Waals surface area contributed by atoms with Gasteiger partial charge in [-0.1, -0.05) is 158 Å². The van der Waals surface area contributed by atoms with Crippen molar-refractivity contribution in [3.05, 3.63) is 243 Å². The van der Waals surface area contributed by atoms with Crippen molar-refractivity contribution in [1.29, 1.82) is 0 Å². The van der Waals surface area contributed by atoms with Gasteiger partial charge in [-0.15, -0.1) is 15.0 Å². The van der Waals surface area contributed by atoms with Crippen molar-refractivity contribution < 1.29 is 0 Å². The first-order valence-corrected chi connectivity index (χ1v) is 21.1. The van der Waals surface area contributed by atoms with Crippen molar-refractivity contribution in [2.75, 3.05) is 9.80 Å². The fraction of sp³-hybridized carbons (Fsp3) is 0. The standard InChI is InChI=1S/C57H40N6/c1-6-18-43(19-7-1)54-40-55(52-28-16-17-29-53(52)58-54)63-59-56-50(41-30-34-48(35-31-41)61(44-20-8-2-9-21-44)45-22-10-3-11-23-45)38-39-51(57(56)60-63)42-32-36-49(37-33-42)62(46-24-12-4-13-25-46)47-26-14-5-15-27-47/h1-40H. The van der Waals surface area contributed by atoms with E-state index in [4.69, 9.17) is 15.2 Å². The van der Waals surface area contributed by atoms with Crippen molar-refractivity contribution in [1.82, 2.24) is 20.0 Å². The first-order valence-electron chi connectivity index (χ1n) is 21.1. The molecule has 0 aliphatic heterocycles. The second-order valence-corrected chi connectivity index (χ2v) is 15.4. The number of hydrogen-bond acceptors (Lipinski definition) is 5. The van der Waals surface area contributed by atoms with Crippen molar-refractivity contribution in [3.63, 3.8) is 0 Å². The molecule has 0 unspecified atom stereocenters. The van der Waals surface area contributed by atoms with E-state index >= 15 is 0 Å². The lowest BCUT2D eigenvalue weighted by molar-refractivity contribution is 0.771. The molecular formula is C57H40N6. The average Bonchev–Trinajstić information content (AvgIpc) is 3.81. The van der Waals surface area contributed by atoms with Gasteiger partial charge in [-0.05, 0) is 96.1 Å². The molecule has 298 valence electrons. The number of pyridine rings is 1. The fourth-order valence-corrected chi connectivity index (χ4v) is 8.43. The summed E-state index contributed by atoms with van der Waals surface area (Å²) in [5, 5.41) is 11.7. The first kappa shape index (κ1) is 37.4. The summed E-state index contributed by atoms with van der Waals surface area (Å²) in [4.78, 5) is 11.4. The Labute approximate surface area is 366 Å². The zero-order valence-electron chi connectivity index (χ0n) is 34.3. The number of rotatable bonds is 10. The van der Waals surface area contributed by atoms with Gasteiger partial charge in [0.15, 0.2) is 0 Å². The summed E-state index contributed by atoms with van der Waals surface area (Å²) in [6.45, 7) is 0. The number of nitrogens with zero attached hydrogens (tertiary/aromatic N) is 6. The second-order valence-electron chi connectivity index (χ2n) is 15.4. The van der Waals surface area contributed by atoms with Crippen LogP contribution in [0.25, 0.3) is 61.1 Å². The minimum absolute atomic E-state index is 0.810. The normalized spacial score (nSPS) is 11.2. The molecule has 0 fully saturated rings. The highest BCUT2D eigenvalue weighted by Gasteiger charge is 2.20. The molecule has 0 aliphatic carbocycles. The van der Waals surface area contributed by atoms with Gasteiger partial charge in [-0.25, -0.2) is 4.98 Å². The average molecular weight is 809 g/mol. The van der Waals surface area contributed by atoms with Gasteiger partial charge in [-0.2, -0.15) is 0 Å². The molecule has 0 spiro atoms. The van der Waals surface area contributed by atoms with Crippen LogP contribution in [0.2, 0.25) is 0 Å². The molecule has 0 amide bonds. The van der Waals surface area contributed by atoms with Crippen LogP contribution in [0.15, 0.2) is 243 Å². The number of benzene rings is 9. The summed E-state index contributed by atoms with van der Waals surface area (Å²) in [5.74, 6) is 0. The van der Waals surface area contributed by atoms with E-state index in [0.29, 0.717) is 0 Å². The van der Waals surface area contributed by atoms with E-state index in [1.54, 1.807) is 4.80 Å². The third kappa shape index (κ3) is 7.26. The highest BCUT2D eigenvalue weighted by Crippen LogP contribution is 2.40. The maximum absolute atomic E-state index is 5.37. The quantitative estimate of drug-likeness (QED) is 0.138. The number of hydrogen-bond donors (Lipinski definition) is 0. The Bertz CT molecular complexity index is 3060. The van der Waals surface area contributed by atoms with Crippen LogP contribution in [0.1, 0.15) is 0 Å². The van der Waals surface area contributed by atoms with E-state index in [0.717, 1.165) is 95.3 Å². The topological polar surface area (TPSA) is 50.1 Å². The van der Waals surface area contributed by atoms with Gasteiger partial charge >= 0.3 is 0 Å². The smallest absolute Gasteiger partial charge is 0.122 e. The number of fused-ring (bicyclic) bond motifs is 2. The van der Waals surface area contributed by atoms with Gasteiger partial charge in [0.1, 0.15) is 11.0 Å². The molecule has 2 aromatic heterocycles. The summed E-state index contributed by atoms with van der Waals surface area (Å²) in [5.41, 5.74) is 15.8. The van der Waals surface area contributed by atoms with Crippen LogP contribution in [-0.2, 0) is 0 Å². The Morgan fingerprint density at radius 2 is 0.683 bits per heavy atom. The first-order chi connectivity index (χ1) is 31.2. The highest BCUT2D eigenvalue weighted by molar-refractivity contribution is 6.01. The van der Waals surface area contributed by atoms with Crippen molar-refractivity contribution in [2.45, 2.75) is 0 Å². The van der Waals surface area contributed by atoms with Crippen molar-refractivity contribution >= 4 is 56.1 Å². The van der Waals surface area contributed by atoms with Crippen molar-refractivity contribution in [3.8, 4) is 39.2 Å². The fourth-order valence-electron chi connectivity index (χ4n) is 8.43. The summed E-state index contributed by atoms with van der Waals surface area (Å²) >= 11 is 0. The van der Waals surface area contributed by atoms with Gasteiger partial charge in [0.05, 0.1) is 16.9 Å². The molecule has 6 nitrogen and oxygen atoms in total. The maximum Gasteiger partial charge on any atom is 0.122 e. The Balaban J connectivity index is 1.06. The monoisotopic (exact) mass is 808 g/mol. The summed E-state index contributed by atoms with van der Waals surface area (Å²) in [7, 11) is 0. The molecule has 6 heteroatoms. The SMILES string of the molecule is c1ccc(-c2cc(-n3nc4c(-c5ccc(N(c6ccccc6)c6ccccc6)cc5)ccc(-c5ccc(N(c6ccccc6)c6ccccc6)cc5)c4n3)c3ccccc3n2)cc1. The third-order valence-electron chi connectivity index (χ3n) is 11.5. The molecule has 0 saturated carbocycles. The Morgan fingerprint density at radius 1 is 0.317 bits per heavy atom. The van der Waals surface area contributed by atoms with Crippen LogP contribution < -0.4 is 9.80 Å². The molecule has 0 radical (unpaired) electrons. The van der Waals surface area contributed by atoms with Crippen LogP contribution in [-0.4, -0.2) is 20.0 Å². The summed E-state index contributed by atoms with van der Waals surface area (Å²) < 4.78 is 0. The molecule has 9 aromatic carbocycles. The maximum atomic E-state index is 5.37. The molecule has 63 heavy (non-hydrogen) atoms. The van der Waals surface area contributed by atoms with Gasteiger partial charge in [-0.3, -0.25) is 0 Å². The van der Waals surface area contributed by atoms with Crippen LogP contribution in [0.4, 0.5) is 34.1 Å². The lowest BCUT2D eigenvalue weighted by Crippen LogP contribution is -2.09. The van der Waals surface area contributed by atoms with Crippen LogP contribution in [0.3, 0.4) is 0 Å². The number of para-hydroxylation sites is 5.